The molecule has 4 aromatic rings. The van der Waals surface area contributed by atoms with Crippen LogP contribution in [0.3, 0.4) is 0 Å². The Morgan fingerprint density at radius 1 is 1.03 bits per heavy atom. The maximum absolute atomic E-state index is 13.1. The van der Waals surface area contributed by atoms with Crippen LogP contribution in [-0.2, 0) is 13.1 Å². The molecule has 1 aliphatic rings. The minimum Gasteiger partial charge on any atom is -0.494 e. The Bertz CT molecular complexity index is 1510. The molecule has 2 heterocycles. The van der Waals surface area contributed by atoms with Crippen LogP contribution in [0.15, 0.2) is 65.5 Å². The van der Waals surface area contributed by atoms with Gasteiger partial charge < -0.3 is 29.4 Å². The van der Waals surface area contributed by atoms with E-state index in [4.69, 9.17) is 26.4 Å². The van der Waals surface area contributed by atoms with Crippen molar-refractivity contribution >= 4 is 33.9 Å². The Labute approximate surface area is 221 Å². The fourth-order valence-electron chi connectivity index (χ4n) is 4.52. The van der Waals surface area contributed by atoms with Gasteiger partial charge >= 0.3 is 0 Å². The number of hydrogen-bond donors (Lipinski definition) is 2. The number of nitrogens with zero attached hydrogens (tertiary/aromatic N) is 1. The molecule has 2 N–H and O–H groups in total. The summed E-state index contributed by atoms with van der Waals surface area (Å²) in [6.45, 7) is 7.64. The van der Waals surface area contributed by atoms with E-state index in [2.05, 4.69) is 29.4 Å². The number of aryl methyl sites for hydroxylation is 2. The van der Waals surface area contributed by atoms with E-state index in [-0.39, 0.29) is 12.4 Å². The fourth-order valence-corrected chi connectivity index (χ4v) is 4.77. The zero-order valence-electron chi connectivity index (χ0n) is 21.1. The molecule has 1 aliphatic heterocycles. The van der Waals surface area contributed by atoms with E-state index in [0.29, 0.717) is 36.1 Å². The monoisotopic (exact) mass is 515 g/mol. The molecule has 1 aromatic heterocycles. The molecular weight excluding hydrogens is 486 g/mol. The molecule has 190 valence electrons. The number of fused-ring (bicyclic) bond motifs is 2. The third-order valence-corrected chi connectivity index (χ3v) is 6.61. The van der Waals surface area contributed by atoms with Crippen molar-refractivity contribution < 1.29 is 14.2 Å². The number of benzene rings is 3. The first-order chi connectivity index (χ1) is 17.9. The lowest BCUT2D eigenvalue weighted by molar-refractivity contribution is 0.174. The Hall–Kier alpha value is -4.04. The second-order valence-corrected chi connectivity index (χ2v) is 9.49. The van der Waals surface area contributed by atoms with Crippen molar-refractivity contribution in [3.05, 3.63) is 93.3 Å². The highest BCUT2D eigenvalue weighted by Gasteiger charge is 2.18. The van der Waals surface area contributed by atoms with Gasteiger partial charge in [0.05, 0.1) is 18.7 Å². The second-order valence-electron chi connectivity index (χ2n) is 9.10. The molecule has 0 spiro atoms. The first-order valence-electron chi connectivity index (χ1n) is 12.2. The average molecular weight is 516 g/mol. The zero-order chi connectivity index (χ0) is 25.9. The predicted molar refractivity (Wildman–Crippen MR) is 150 cm³/mol. The Morgan fingerprint density at radius 3 is 2.59 bits per heavy atom. The van der Waals surface area contributed by atoms with Gasteiger partial charge in [-0.3, -0.25) is 4.79 Å². The standard InChI is InChI=1S/C29H29N3O4S/c1-4-34-24-8-6-23(7-9-24)30-29(37)32(15-20-5-10-25-26(13-20)36-17-35-25)16-22-14-21-12-18(2)11-19(3)27(21)31-28(22)33/h5-14H,4,15-17H2,1-3H3,(H,30,37)(H,31,33). The number of H-pyrrole nitrogens is 1. The van der Waals surface area contributed by atoms with E-state index in [9.17, 15) is 4.79 Å². The molecule has 37 heavy (non-hydrogen) atoms. The van der Waals surface area contributed by atoms with Crippen molar-refractivity contribution in [2.24, 2.45) is 0 Å². The predicted octanol–water partition coefficient (Wildman–Crippen LogP) is 5.67. The van der Waals surface area contributed by atoms with Gasteiger partial charge in [-0.05, 0) is 98.0 Å². The first kappa shape index (κ1) is 24.6. The number of thiocarbonyl (C=S) groups is 1. The maximum atomic E-state index is 13.1. The van der Waals surface area contributed by atoms with Gasteiger partial charge in [-0.1, -0.05) is 17.7 Å². The van der Waals surface area contributed by atoms with Gasteiger partial charge in [0.2, 0.25) is 6.79 Å². The molecule has 0 amide bonds. The van der Waals surface area contributed by atoms with Gasteiger partial charge in [0.15, 0.2) is 16.6 Å². The summed E-state index contributed by atoms with van der Waals surface area (Å²) in [7, 11) is 0. The topological polar surface area (TPSA) is 75.8 Å². The highest BCUT2D eigenvalue weighted by atomic mass is 32.1. The van der Waals surface area contributed by atoms with E-state index in [1.54, 1.807) is 0 Å². The lowest BCUT2D eigenvalue weighted by Crippen LogP contribution is -2.35. The molecule has 0 bridgehead atoms. The quantitative estimate of drug-likeness (QED) is 0.307. The van der Waals surface area contributed by atoms with Crippen molar-refractivity contribution in [2.75, 3.05) is 18.7 Å². The molecule has 0 atom stereocenters. The second kappa shape index (κ2) is 10.5. The van der Waals surface area contributed by atoms with Crippen LogP contribution >= 0.6 is 12.2 Å². The lowest BCUT2D eigenvalue weighted by atomic mass is 10.0. The van der Waals surface area contributed by atoms with Crippen LogP contribution < -0.4 is 25.1 Å². The van der Waals surface area contributed by atoms with Crippen LogP contribution in [0.25, 0.3) is 10.9 Å². The minimum atomic E-state index is -0.126. The maximum Gasteiger partial charge on any atom is 0.253 e. The highest BCUT2D eigenvalue weighted by molar-refractivity contribution is 7.80. The first-order valence-corrected chi connectivity index (χ1v) is 12.6. The molecule has 8 heteroatoms. The molecule has 7 nitrogen and oxygen atoms in total. The highest BCUT2D eigenvalue weighted by Crippen LogP contribution is 2.33. The number of pyridine rings is 1. The van der Waals surface area contributed by atoms with Crippen molar-refractivity contribution in [3.63, 3.8) is 0 Å². The molecular formula is C29H29N3O4S. The Kier molecular flexibility index (Phi) is 7.01. The summed E-state index contributed by atoms with van der Waals surface area (Å²) in [6, 6.07) is 19.6. The molecule has 0 unspecified atom stereocenters. The molecule has 3 aromatic carbocycles. The number of nitrogens with one attached hydrogen (secondary N) is 2. The van der Waals surface area contributed by atoms with Gasteiger partial charge in [0, 0.05) is 17.8 Å². The molecule has 0 aliphatic carbocycles. The zero-order valence-corrected chi connectivity index (χ0v) is 21.9. The van der Waals surface area contributed by atoms with E-state index in [0.717, 1.165) is 44.8 Å². The van der Waals surface area contributed by atoms with Crippen LogP contribution in [0.2, 0.25) is 0 Å². The van der Waals surface area contributed by atoms with Crippen molar-refractivity contribution in [1.82, 2.24) is 9.88 Å². The summed E-state index contributed by atoms with van der Waals surface area (Å²) >= 11 is 5.84. The minimum absolute atomic E-state index is 0.126. The van der Waals surface area contributed by atoms with Gasteiger partial charge in [-0.2, -0.15) is 0 Å². The third kappa shape index (κ3) is 5.54. The lowest BCUT2D eigenvalue weighted by Gasteiger charge is -2.26. The van der Waals surface area contributed by atoms with Gasteiger partial charge in [0.25, 0.3) is 5.56 Å². The average Bonchev–Trinajstić information content (AvgIpc) is 3.34. The number of aromatic nitrogens is 1. The number of rotatable bonds is 7. The summed E-state index contributed by atoms with van der Waals surface area (Å²) in [5.41, 5.74) is 5.38. The number of aromatic amines is 1. The number of ether oxygens (including phenoxy) is 3. The summed E-state index contributed by atoms with van der Waals surface area (Å²) in [5, 5.41) is 4.81. The van der Waals surface area contributed by atoms with E-state index in [1.807, 2.05) is 67.3 Å². The van der Waals surface area contributed by atoms with Crippen molar-refractivity contribution in [1.29, 1.82) is 0 Å². The fraction of sp³-hybridized carbons (Fsp3) is 0.241. The number of anilines is 1. The molecule has 0 radical (unpaired) electrons. The van der Waals surface area contributed by atoms with Crippen LogP contribution in [0.5, 0.6) is 17.2 Å². The molecule has 0 fully saturated rings. The molecule has 0 saturated heterocycles. The Balaban J connectivity index is 1.45. The normalized spacial score (nSPS) is 12.0. The van der Waals surface area contributed by atoms with Gasteiger partial charge in [-0.15, -0.1) is 0 Å². The smallest absolute Gasteiger partial charge is 0.253 e. The summed E-state index contributed by atoms with van der Waals surface area (Å²) in [5.74, 6) is 2.23. The number of hydrogen-bond acceptors (Lipinski definition) is 5. The summed E-state index contributed by atoms with van der Waals surface area (Å²) in [6.07, 6.45) is 0. The molecule has 0 saturated carbocycles. The van der Waals surface area contributed by atoms with Crippen molar-refractivity contribution in [2.45, 2.75) is 33.9 Å². The van der Waals surface area contributed by atoms with E-state index in [1.165, 1.54) is 0 Å². The molecule has 5 rings (SSSR count). The largest absolute Gasteiger partial charge is 0.494 e. The van der Waals surface area contributed by atoms with E-state index < -0.39 is 0 Å². The summed E-state index contributed by atoms with van der Waals surface area (Å²) in [4.78, 5) is 18.1. The van der Waals surface area contributed by atoms with E-state index >= 15 is 0 Å². The Morgan fingerprint density at radius 2 is 1.81 bits per heavy atom. The third-order valence-electron chi connectivity index (χ3n) is 6.25. The SMILES string of the molecule is CCOc1ccc(NC(=S)N(Cc2ccc3c(c2)OCO3)Cc2cc3cc(C)cc(C)c3[nH]c2=O)cc1. The van der Waals surface area contributed by atoms with Gasteiger partial charge in [0.1, 0.15) is 5.75 Å². The van der Waals surface area contributed by atoms with Crippen LogP contribution in [0.1, 0.15) is 29.2 Å². The van der Waals surface area contributed by atoms with Crippen LogP contribution in [0.4, 0.5) is 5.69 Å². The van der Waals surface area contributed by atoms with Crippen LogP contribution in [-0.4, -0.2) is 28.4 Å². The van der Waals surface area contributed by atoms with Gasteiger partial charge in [-0.25, -0.2) is 0 Å². The van der Waals surface area contributed by atoms with Crippen LogP contribution in [0, 0.1) is 13.8 Å². The van der Waals surface area contributed by atoms with Crippen molar-refractivity contribution in [3.8, 4) is 17.2 Å². The summed E-state index contributed by atoms with van der Waals surface area (Å²) < 4.78 is 16.6.